The maximum Gasteiger partial charge on any atom is 0.184 e. The van der Waals surface area contributed by atoms with E-state index in [1.54, 1.807) is 0 Å². The van der Waals surface area contributed by atoms with Crippen molar-refractivity contribution in [1.82, 2.24) is 0 Å². The topological polar surface area (TPSA) is 35.5 Å². The Kier molecular flexibility index (Phi) is 9.95. The Bertz CT molecular complexity index is 640. The van der Waals surface area contributed by atoms with Crippen LogP contribution in [0.1, 0.15) is 105 Å². The monoisotopic (exact) mass is 510 g/mol. The smallest absolute Gasteiger partial charge is 0.184 e. The zero-order valence-corrected chi connectivity index (χ0v) is 26.7. The molecule has 0 aromatic carbocycles. The molecule has 0 spiro atoms. The predicted molar refractivity (Wildman–Crippen MR) is 151 cm³/mol. The normalized spacial score (nSPS) is 26.9. The summed E-state index contributed by atoms with van der Waals surface area (Å²) in [6.07, 6.45) is 12.8. The highest BCUT2D eigenvalue weighted by molar-refractivity contribution is 6.70. The molecular weight excluding hydrogens is 452 g/mol. The van der Waals surface area contributed by atoms with E-state index in [9.17, 15) is 4.79 Å². The summed E-state index contributed by atoms with van der Waals surface area (Å²) in [5.74, 6) is 2.30. The van der Waals surface area contributed by atoms with Crippen molar-refractivity contribution in [2.75, 3.05) is 0 Å². The van der Waals surface area contributed by atoms with Gasteiger partial charge in [-0.05, 0) is 123 Å². The van der Waals surface area contributed by atoms with Crippen LogP contribution in [0.15, 0.2) is 0 Å². The number of carbonyl (C=O) groups is 1. The maximum atomic E-state index is 12.8. The molecule has 0 N–H and O–H groups in total. The van der Waals surface area contributed by atoms with Crippen molar-refractivity contribution in [2.45, 2.75) is 156 Å². The molecule has 3 atom stereocenters. The molecule has 0 bridgehead atoms. The number of carbonyl (C=O) groups excluding carboxylic acids is 1. The lowest BCUT2D eigenvalue weighted by Crippen LogP contribution is -2.40. The first-order chi connectivity index (χ1) is 15.3. The van der Waals surface area contributed by atoms with Crippen molar-refractivity contribution >= 4 is 22.4 Å². The lowest BCUT2D eigenvalue weighted by atomic mass is 9.61. The molecular formula is C29H58O3Si2. The molecule has 5 heteroatoms. The molecule has 0 aliphatic heterocycles. The average molecular weight is 511 g/mol. The summed E-state index contributed by atoms with van der Waals surface area (Å²) in [7, 11) is -3.10. The fourth-order valence-corrected chi connectivity index (χ4v) is 11.2. The second-order valence-corrected chi connectivity index (χ2v) is 23.9. The first kappa shape index (κ1) is 30.2. The highest BCUT2D eigenvalue weighted by atomic mass is 28.4. The van der Waals surface area contributed by atoms with Crippen LogP contribution in [0.2, 0.25) is 39.3 Å². The van der Waals surface area contributed by atoms with Crippen molar-refractivity contribution in [3.05, 3.63) is 0 Å². The van der Waals surface area contributed by atoms with E-state index < -0.39 is 16.6 Å². The van der Waals surface area contributed by atoms with Gasteiger partial charge in [0.25, 0.3) is 0 Å². The van der Waals surface area contributed by atoms with Crippen molar-refractivity contribution in [3.8, 4) is 0 Å². The number of hydrogen-bond donors (Lipinski definition) is 0. The van der Waals surface area contributed by atoms with Crippen molar-refractivity contribution in [1.29, 1.82) is 0 Å². The predicted octanol–water partition coefficient (Wildman–Crippen LogP) is 8.99. The van der Waals surface area contributed by atoms with Gasteiger partial charge in [0.15, 0.2) is 16.6 Å². The second kappa shape index (κ2) is 11.2. The van der Waals surface area contributed by atoms with Crippen molar-refractivity contribution in [2.24, 2.45) is 23.2 Å². The number of Topliss-reactive ketones (excluding diaryl/α,β-unsaturated/α-hetero) is 1. The maximum absolute atomic E-state index is 12.8. The second-order valence-electron chi connectivity index (χ2n) is 15.1. The van der Waals surface area contributed by atoms with Crippen LogP contribution in [0.3, 0.4) is 0 Å². The van der Waals surface area contributed by atoms with Crippen LogP contribution in [-0.2, 0) is 13.6 Å². The van der Waals surface area contributed by atoms with Gasteiger partial charge in [0.1, 0.15) is 5.78 Å². The third kappa shape index (κ3) is 9.15. The summed E-state index contributed by atoms with van der Waals surface area (Å²) in [4.78, 5) is 12.8. The molecule has 2 fully saturated rings. The fourth-order valence-electron chi connectivity index (χ4n) is 7.63. The summed E-state index contributed by atoms with van der Waals surface area (Å²) in [6, 6.07) is 0. The van der Waals surface area contributed by atoms with E-state index in [1.807, 2.05) is 0 Å². The van der Waals surface area contributed by atoms with Crippen LogP contribution in [0, 0.1) is 23.2 Å². The van der Waals surface area contributed by atoms with E-state index in [2.05, 4.69) is 73.9 Å². The van der Waals surface area contributed by atoms with Crippen molar-refractivity contribution < 1.29 is 13.6 Å². The van der Waals surface area contributed by atoms with Gasteiger partial charge in [-0.3, -0.25) is 4.79 Å². The van der Waals surface area contributed by atoms with Gasteiger partial charge in [0.2, 0.25) is 0 Å². The summed E-state index contributed by atoms with van der Waals surface area (Å²) in [6.45, 7) is 25.4. The number of ketones is 1. The molecule has 200 valence electrons. The highest BCUT2D eigenvalue weighted by Gasteiger charge is 2.52. The number of rotatable bonds is 13. The van der Waals surface area contributed by atoms with E-state index in [0.29, 0.717) is 23.5 Å². The Morgan fingerprint density at radius 1 is 0.882 bits per heavy atom. The Morgan fingerprint density at radius 2 is 1.35 bits per heavy atom. The zero-order chi connectivity index (χ0) is 26.0. The highest BCUT2D eigenvalue weighted by Crippen LogP contribution is 2.58. The zero-order valence-electron chi connectivity index (χ0n) is 24.7. The third-order valence-electron chi connectivity index (χ3n) is 8.38. The van der Waals surface area contributed by atoms with Gasteiger partial charge < -0.3 is 8.85 Å². The molecule has 0 heterocycles. The van der Waals surface area contributed by atoms with E-state index in [1.165, 1.54) is 38.5 Å². The molecule has 2 aliphatic rings. The van der Waals surface area contributed by atoms with E-state index >= 15 is 0 Å². The summed E-state index contributed by atoms with van der Waals surface area (Å²) in [5, 5.41) is 0. The molecule has 0 radical (unpaired) electrons. The van der Waals surface area contributed by atoms with Crippen LogP contribution in [-0.4, -0.2) is 33.6 Å². The van der Waals surface area contributed by atoms with Gasteiger partial charge in [-0.2, -0.15) is 0 Å². The largest absolute Gasteiger partial charge is 0.413 e. The summed E-state index contributed by atoms with van der Waals surface area (Å²) in [5.41, 5.74) is 0.158. The average Bonchev–Trinajstić information content (AvgIpc) is 2.94. The van der Waals surface area contributed by atoms with Crippen LogP contribution < -0.4 is 0 Å². The van der Waals surface area contributed by atoms with Crippen LogP contribution >= 0.6 is 0 Å². The molecule has 34 heavy (non-hydrogen) atoms. The SMILES string of the molecule is CC(C)(CCCC(CCCC(C)(C)O[Si](C)(C)C)[C@@H]1CC[C@@H]2C(=O)CCC[C@]21C)O[Si](C)(C)C. The minimum atomic E-state index is -1.55. The fraction of sp³-hybridized carbons (Fsp3) is 0.966. The first-order valence-corrected chi connectivity index (χ1v) is 21.1. The Morgan fingerprint density at radius 3 is 1.79 bits per heavy atom. The molecule has 0 aromatic heterocycles. The third-order valence-corrected chi connectivity index (χ3v) is 10.7. The van der Waals surface area contributed by atoms with Crippen molar-refractivity contribution in [3.63, 3.8) is 0 Å². The Balaban J connectivity index is 2.07. The van der Waals surface area contributed by atoms with Gasteiger partial charge in [0.05, 0.1) is 11.2 Å². The first-order valence-electron chi connectivity index (χ1n) is 14.3. The lowest BCUT2D eigenvalue weighted by Gasteiger charge is -2.43. The van der Waals surface area contributed by atoms with E-state index in [4.69, 9.17) is 8.85 Å². The molecule has 2 saturated carbocycles. The Labute approximate surface area is 214 Å². The lowest BCUT2D eigenvalue weighted by molar-refractivity contribution is -0.130. The number of fused-ring (bicyclic) bond motifs is 1. The van der Waals surface area contributed by atoms with Crippen LogP contribution in [0.25, 0.3) is 0 Å². The Hall–Kier alpha value is 0.0238. The van der Waals surface area contributed by atoms with Gasteiger partial charge in [-0.25, -0.2) is 0 Å². The van der Waals surface area contributed by atoms with E-state index in [0.717, 1.165) is 32.1 Å². The van der Waals surface area contributed by atoms with Gasteiger partial charge >= 0.3 is 0 Å². The summed E-state index contributed by atoms with van der Waals surface area (Å²) < 4.78 is 13.0. The number of hydrogen-bond acceptors (Lipinski definition) is 3. The van der Waals surface area contributed by atoms with Crippen LogP contribution in [0.5, 0.6) is 0 Å². The molecule has 0 saturated heterocycles. The van der Waals surface area contributed by atoms with Gasteiger partial charge in [-0.1, -0.05) is 32.6 Å². The standard InChI is InChI=1S/C29H58O3Si2/c1-27(2,31-33(6,7)8)20-12-15-23(16-13-21-28(3,4)32-34(9,10)11)24-18-19-25-26(30)17-14-22-29(24,25)5/h23-25H,12-22H2,1-11H3/t24-,25+,29-/m0/s1. The molecule has 0 aromatic rings. The molecule has 2 rings (SSSR count). The molecule has 0 amide bonds. The minimum absolute atomic E-state index is 0.0366. The van der Waals surface area contributed by atoms with Crippen LogP contribution in [0.4, 0.5) is 0 Å². The molecule has 2 aliphatic carbocycles. The quantitative estimate of drug-likeness (QED) is 0.232. The minimum Gasteiger partial charge on any atom is -0.413 e. The van der Waals surface area contributed by atoms with Gasteiger partial charge in [0, 0.05) is 12.3 Å². The van der Waals surface area contributed by atoms with Gasteiger partial charge in [-0.15, -0.1) is 0 Å². The van der Waals surface area contributed by atoms with E-state index in [-0.39, 0.29) is 16.6 Å². The summed E-state index contributed by atoms with van der Waals surface area (Å²) >= 11 is 0. The molecule has 0 unspecified atom stereocenters. The molecule has 3 nitrogen and oxygen atoms in total.